The lowest BCUT2D eigenvalue weighted by molar-refractivity contribution is 0.0531. The maximum atomic E-state index is 11.4. The monoisotopic (exact) mass is 212 g/mol. The molecular formula is C10H12O3S. The molecule has 0 amide bonds. The smallest absolute Gasteiger partial charge is 0.348 e. The molecule has 0 saturated heterocycles. The second kappa shape index (κ2) is 4.37. The molecule has 0 aliphatic rings. The maximum absolute atomic E-state index is 11.4. The first-order valence-corrected chi connectivity index (χ1v) is 5.22. The number of hydrogen-bond donors (Lipinski definition) is 0. The van der Waals surface area contributed by atoms with Gasteiger partial charge in [-0.25, -0.2) is 4.79 Å². The Bertz CT molecular complexity index is 365. The molecule has 0 aromatic carbocycles. The highest BCUT2D eigenvalue weighted by atomic mass is 32.1. The van der Waals surface area contributed by atoms with E-state index in [0.29, 0.717) is 17.0 Å². The quantitative estimate of drug-likeness (QED) is 0.571. The van der Waals surface area contributed by atoms with E-state index in [0.717, 1.165) is 5.56 Å². The summed E-state index contributed by atoms with van der Waals surface area (Å²) in [5.74, 6) is -0.364. The van der Waals surface area contributed by atoms with Crippen LogP contribution >= 0.6 is 11.3 Å². The van der Waals surface area contributed by atoms with Gasteiger partial charge < -0.3 is 4.74 Å². The zero-order valence-electron chi connectivity index (χ0n) is 8.42. The highest BCUT2D eigenvalue weighted by Crippen LogP contribution is 2.22. The summed E-state index contributed by atoms with van der Waals surface area (Å²) in [6.45, 7) is 5.36. The van der Waals surface area contributed by atoms with Gasteiger partial charge in [-0.15, -0.1) is 11.3 Å². The van der Waals surface area contributed by atoms with E-state index in [9.17, 15) is 9.59 Å². The highest BCUT2D eigenvalue weighted by Gasteiger charge is 2.17. The van der Waals surface area contributed by atoms with E-state index in [1.54, 1.807) is 19.2 Å². The zero-order valence-corrected chi connectivity index (χ0v) is 9.23. The Morgan fingerprint density at radius 1 is 1.50 bits per heavy atom. The van der Waals surface area contributed by atoms with Crippen molar-refractivity contribution in [2.75, 3.05) is 6.61 Å². The van der Waals surface area contributed by atoms with Crippen molar-refractivity contribution in [3.63, 3.8) is 0 Å². The lowest BCUT2D eigenvalue weighted by Crippen LogP contribution is -2.04. The minimum atomic E-state index is -0.345. The van der Waals surface area contributed by atoms with Crippen molar-refractivity contribution >= 4 is 23.1 Å². The van der Waals surface area contributed by atoms with Crippen LogP contribution in [0.15, 0.2) is 5.38 Å². The van der Waals surface area contributed by atoms with Crippen molar-refractivity contribution in [1.82, 2.24) is 0 Å². The molecule has 1 aromatic heterocycles. The fourth-order valence-corrected chi connectivity index (χ4v) is 2.18. The summed E-state index contributed by atoms with van der Waals surface area (Å²) >= 11 is 1.26. The van der Waals surface area contributed by atoms with Gasteiger partial charge in [0.1, 0.15) is 4.88 Å². The van der Waals surface area contributed by atoms with Gasteiger partial charge in [-0.3, -0.25) is 4.79 Å². The topological polar surface area (TPSA) is 43.4 Å². The number of rotatable bonds is 3. The van der Waals surface area contributed by atoms with Crippen LogP contribution in [0.25, 0.3) is 0 Å². The van der Waals surface area contributed by atoms with Gasteiger partial charge in [-0.2, -0.15) is 0 Å². The Kier molecular flexibility index (Phi) is 3.41. The molecule has 0 saturated carbocycles. The Morgan fingerprint density at radius 3 is 2.57 bits per heavy atom. The third-order valence-corrected chi connectivity index (χ3v) is 2.94. The lowest BCUT2D eigenvalue weighted by Gasteiger charge is -2.00. The summed E-state index contributed by atoms with van der Waals surface area (Å²) in [7, 11) is 0. The first-order chi connectivity index (χ1) is 6.57. The molecule has 0 bridgehead atoms. The first-order valence-electron chi connectivity index (χ1n) is 4.34. The molecule has 0 N–H and O–H groups in total. The first kappa shape index (κ1) is 10.9. The van der Waals surface area contributed by atoms with Crippen molar-refractivity contribution in [1.29, 1.82) is 0 Å². The van der Waals surface area contributed by atoms with Gasteiger partial charge in [0.2, 0.25) is 0 Å². The predicted octanol–water partition coefficient (Wildman–Crippen LogP) is 2.44. The number of carbonyl (C=O) groups excluding carboxylic acids is 2. The minimum absolute atomic E-state index is 0.0192. The molecule has 0 unspecified atom stereocenters. The van der Waals surface area contributed by atoms with Crippen LogP contribution in [-0.4, -0.2) is 18.4 Å². The fourth-order valence-electron chi connectivity index (χ4n) is 1.16. The summed E-state index contributed by atoms with van der Waals surface area (Å²) in [4.78, 5) is 23.0. The molecule has 0 spiro atoms. The molecule has 76 valence electrons. The number of hydrogen-bond acceptors (Lipinski definition) is 4. The third kappa shape index (κ3) is 2.01. The van der Waals surface area contributed by atoms with Crippen LogP contribution in [-0.2, 0) is 4.74 Å². The average Bonchev–Trinajstić information content (AvgIpc) is 2.47. The molecule has 1 heterocycles. The van der Waals surface area contributed by atoms with Gasteiger partial charge >= 0.3 is 5.97 Å². The molecule has 0 fully saturated rings. The average molecular weight is 212 g/mol. The van der Waals surface area contributed by atoms with E-state index in [1.165, 1.54) is 18.3 Å². The molecule has 1 rings (SSSR count). The van der Waals surface area contributed by atoms with Gasteiger partial charge in [-0.1, -0.05) is 0 Å². The lowest BCUT2D eigenvalue weighted by atomic mass is 10.1. The molecular weight excluding hydrogens is 200 g/mol. The number of ether oxygens (including phenoxy) is 1. The van der Waals surface area contributed by atoms with Crippen molar-refractivity contribution in [3.8, 4) is 0 Å². The summed E-state index contributed by atoms with van der Waals surface area (Å²) in [6, 6.07) is 0. The van der Waals surface area contributed by atoms with Crippen LogP contribution in [0.2, 0.25) is 0 Å². The number of Topliss-reactive ketones (excluding diaryl/α,β-unsaturated/α-hetero) is 1. The fraction of sp³-hybridized carbons (Fsp3) is 0.400. The number of thiophene rings is 1. The largest absolute Gasteiger partial charge is 0.462 e. The van der Waals surface area contributed by atoms with Crippen LogP contribution < -0.4 is 0 Å². The second-order valence-corrected chi connectivity index (χ2v) is 3.76. The van der Waals surface area contributed by atoms with Gasteiger partial charge in [0.05, 0.1) is 6.61 Å². The third-order valence-electron chi connectivity index (χ3n) is 1.88. The number of esters is 1. The van der Waals surface area contributed by atoms with Crippen molar-refractivity contribution in [3.05, 3.63) is 21.4 Å². The Labute approximate surface area is 86.7 Å². The van der Waals surface area contributed by atoms with E-state index < -0.39 is 0 Å². The van der Waals surface area contributed by atoms with Crippen molar-refractivity contribution in [2.24, 2.45) is 0 Å². The number of carbonyl (C=O) groups is 2. The van der Waals surface area contributed by atoms with Gasteiger partial charge in [0, 0.05) is 10.9 Å². The molecule has 0 aliphatic heterocycles. The van der Waals surface area contributed by atoms with E-state index in [4.69, 9.17) is 4.74 Å². The van der Waals surface area contributed by atoms with Crippen molar-refractivity contribution < 1.29 is 14.3 Å². The van der Waals surface area contributed by atoms with Crippen LogP contribution in [0.5, 0.6) is 0 Å². The van der Waals surface area contributed by atoms with E-state index in [-0.39, 0.29) is 11.8 Å². The Hall–Kier alpha value is -1.16. The van der Waals surface area contributed by atoms with Gasteiger partial charge in [0.25, 0.3) is 0 Å². The second-order valence-electron chi connectivity index (χ2n) is 2.88. The zero-order chi connectivity index (χ0) is 10.7. The van der Waals surface area contributed by atoms with E-state index in [1.807, 2.05) is 0 Å². The van der Waals surface area contributed by atoms with Crippen LogP contribution in [0.1, 0.15) is 39.4 Å². The Morgan fingerprint density at radius 2 is 2.14 bits per heavy atom. The van der Waals surface area contributed by atoms with Crippen LogP contribution in [0.4, 0.5) is 0 Å². The SMILES string of the molecule is CCOC(=O)c1scc(C(C)=O)c1C. The maximum Gasteiger partial charge on any atom is 0.348 e. The van der Waals surface area contributed by atoms with E-state index in [2.05, 4.69) is 0 Å². The molecule has 4 heteroatoms. The minimum Gasteiger partial charge on any atom is -0.462 e. The molecule has 3 nitrogen and oxygen atoms in total. The predicted molar refractivity (Wildman–Crippen MR) is 55.0 cm³/mol. The highest BCUT2D eigenvalue weighted by molar-refractivity contribution is 7.12. The van der Waals surface area contributed by atoms with Crippen LogP contribution in [0.3, 0.4) is 0 Å². The molecule has 0 radical (unpaired) electrons. The van der Waals surface area contributed by atoms with Gasteiger partial charge in [0.15, 0.2) is 5.78 Å². The standard InChI is InChI=1S/C10H12O3S/c1-4-13-10(12)9-6(2)8(5-14-9)7(3)11/h5H,4H2,1-3H3. The molecule has 14 heavy (non-hydrogen) atoms. The normalized spacial score (nSPS) is 9.93. The summed E-state index contributed by atoms with van der Waals surface area (Å²) < 4.78 is 4.86. The molecule has 0 aliphatic carbocycles. The van der Waals surface area contributed by atoms with Crippen LogP contribution in [0, 0.1) is 6.92 Å². The summed E-state index contributed by atoms with van der Waals surface area (Å²) in [6.07, 6.45) is 0. The molecule has 1 aromatic rings. The van der Waals surface area contributed by atoms with E-state index >= 15 is 0 Å². The van der Waals surface area contributed by atoms with Gasteiger partial charge in [-0.05, 0) is 26.3 Å². The number of ketones is 1. The summed E-state index contributed by atoms with van der Waals surface area (Å²) in [5, 5.41) is 1.70. The molecule has 0 atom stereocenters. The summed E-state index contributed by atoms with van der Waals surface area (Å²) in [5.41, 5.74) is 1.33. The Balaban J connectivity index is 3.00. The van der Waals surface area contributed by atoms with Crippen molar-refractivity contribution in [2.45, 2.75) is 20.8 Å².